The number of hydrogen-bond acceptors (Lipinski definition) is 2. The largest absolute Gasteiger partial charge is 0.314 e. The van der Waals surface area contributed by atoms with Crippen LogP contribution in [0.3, 0.4) is 0 Å². The number of aryl methyl sites for hydroxylation is 1. The number of rotatable bonds is 5. The fourth-order valence-corrected chi connectivity index (χ4v) is 1.53. The zero-order valence-corrected chi connectivity index (χ0v) is 10.1. The molecule has 0 bridgehead atoms. The van der Waals surface area contributed by atoms with Crippen molar-refractivity contribution in [1.82, 2.24) is 15.1 Å². The van der Waals surface area contributed by atoms with Crippen molar-refractivity contribution < 1.29 is 0 Å². The van der Waals surface area contributed by atoms with Crippen molar-refractivity contribution in [1.29, 1.82) is 0 Å². The highest BCUT2D eigenvalue weighted by molar-refractivity contribution is 5.60. The molecule has 0 aliphatic carbocycles. The monoisotopic (exact) mass is 207 g/mol. The summed E-state index contributed by atoms with van der Waals surface area (Å²) in [6, 6.07) is 2.61. The van der Waals surface area contributed by atoms with Crippen molar-refractivity contribution in [3.8, 4) is 0 Å². The first kappa shape index (κ1) is 12.0. The molecule has 0 aliphatic rings. The van der Waals surface area contributed by atoms with Gasteiger partial charge in [-0.15, -0.1) is 0 Å². The molecule has 0 saturated heterocycles. The molecular formula is C12H21N3. The van der Waals surface area contributed by atoms with E-state index in [9.17, 15) is 0 Å². The molecule has 15 heavy (non-hydrogen) atoms. The predicted molar refractivity (Wildman–Crippen MR) is 64.6 cm³/mol. The lowest BCUT2D eigenvalue weighted by Gasteiger charge is -2.06. The smallest absolute Gasteiger partial charge is 0.0632 e. The summed E-state index contributed by atoms with van der Waals surface area (Å²) in [5.74, 6) is 0. The number of nitrogens with one attached hydrogen (secondary N) is 1. The predicted octanol–water partition coefficient (Wildman–Crippen LogP) is 2.21. The van der Waals surface area contributed by atoms with Gasteiger partial charge in [-0.05, 0) is 31.5 Å². The molecule has 0 atom stereocenters. The van der Waals surface area contributed by atoms with Gasteiger partial charge >= 0.3 is 0 Å². The molecule has 1 heterocycles. The van der Waals surface area contributed by atoms with Crippen LogP contribution in [0.1, 0.15) is 32.9 Å². The van der Waals surface area contributed by atoms with Crippen LogP contribution < -0.4 is 5.32 Å². The normalized spacial score (nSPS) is 12.5. The Labute approximate surface area is 92.2 Å². The van der Waals surface area contributed by atoms with Crippen molar-refractivity contribution in [2.75, 3.05) is 6.54 Å². The summed E-state index contributed by atoms with van der Waals surface area (Å²) in [6.45, 7) is 7.49. The molecule has 84 valence electrons. The first-order valence-electron chi connectivity index (χ1n) is 5.49. The maximum absolute atomic E-state index is 4.15. The van der Waals surface area contributed by atoms with E-state index in [-0.39, 0.29) is 0 Å². The van der Waals surface area contributed by atoms with Gasteiger partial charge in [0.1, 0.15) is 0 Å². The van der Waals surface area contributed by atoms with Crippen LogP contribution >= 0.6 is 0 Å². The van der Waals surface area contributed by atoms with Gasteiger partial charge in [0.05, 0.1) is 5.69 Å². The van der Waals surface area contributed by atoms with E-state index in [1.54, 1.807) is 0 Å². The van der Waals surface area contributed by atoms with Crippen LogP contribution in [0.15, 0.2) is 18.3 Å². The molecule has 0 amide bonds. The Bertz CT molecular complexity index is 323. The fourth-order valence-electron chi connectivity index (χ4n) is 1.53. The third-order valence-electron chi connectivity index (χ3n) is 2.37. The van der Waals surface area contributed by atoms with Crippen molar-refractivity contribution in [3.05, 3.63) is 24.0 Å². The van der Waals surface area contributed by atoms with Gasteiger partial charge in [-0.3, -0.25) is 4.68 Å². The van der Waals surface area contributed by atoms with Crippen LogP contribution in [0.4, 0.5) is 0 Å². The van der Waals surface area contributed by atoms with E-state index in [1.807, 2.05) is 24.0 Å². The van der Waals surface area contributed by atoms with E-state index in [0.717, 1.165) is 13.0 Å². The van der Waals surface area contributed by atoms with Crippen LogP contribution in [0.5, 0.6) is 0 Å². The molecule has 1 aromatic heterocycles. The maximum Gasteiger partial charge on any atom is 0.0632 e. The SMILES string of the molecule is CC(=CCCNC(C)C)c1ccnn1C. The molecule has 1 N–H and O–H groups in total. The second-order valence-corrected chi connectivity index (χ2v) is 4.12. The Hall–Kier alpha value is -1.09. The van der Waals surface area contributed by atoms with E-state index in [0.29, 0.717) is 6.04 Å². The van der Waals surface area contributed by atoms with E-state index in [4.69, 9.17) is 0 Å². The van der Waals surface area contributed by atoms with Crippen molar-refractivity contribution in [2.45, 2.75) is 33.2 Å². The molecule has 0 fully saturated rings. The molecule has 0 saturated carbocycles. The lowest BCUT2D eigenvalue weighted by Crippen LogP contribution is -2.23. The van der Waals surface area contributed by atoms with Crippen LogP contribution in [0.2, 0.25) is 0 Å². The van der Waals surface area contributed by atoms with Gasteiger partial charge in [-0.2, -0.15) is 5.10 Å². The van der Waals surface area contributed by atoms with Gasteiger partial charge in [0.15, 0.2) is 0 Å². The Morgan fingerprint density at radius 1 is 1.60 bits per heavy atom. The lowest BCUT2D eigenvalue weighted by molar-refractivity contribution is 0.595. The van der Waals surface area contributed by atoms with E-state index >= 15 is 0 Å². The van der Waals surface area contributed by atoms with Crippen LogP contribution in [0, 0.1) is 0 Å². The molecular weight excluding hydrogens is 186 g/mol. The third-order valence-corrected chi connectivity index (χ3v) is 2.37. The number of aromatic nitrogens is 2. The Kier molecular flexibility index (Phi) is 4.56. The minimum absolute atomic E-state index is 0.565. The Balaban J connectivity index is 2.43. The molecule has 3 heteroatoms. The topological polar surface area (TPSA) is 29.9 Å². The number of allylic oxidation sites excluding steroid dienone is 1. The molecule has 0 aliphatic heterocycles. The van der Waals surface area contributed by atoms with Gasteiger partial charge in [0.25, 0.3) is 0 Å². The second-order valence-electron chi connectivity index (χ2n) is 4.12. The van der Waals surface area contributed by atoms with Gasteiger partial charge in [0.2, 0.25) is 0 Å². The summed E-state index contributed by atoms with van der Waals surface area (Å²) in [5.41, 5.74) is 2.49. The van der Waals surface area contributed by atoms with Gasteiger partial charge in [-0.1, -0.05) is 19.9 Å². The van der Waals surface area contributed by atoms with Crippen LogP contribution in [-0.2, 0) is 7.05 Å². The fraction of sp³-hybridized carbons (Fsp3) is 0.583. The number of nitrogens with zero attached hydrogens (tertiary/aromatic N) is 2. The van der Waals surface area contributed by atoms with Gasteiger partial charge < -0.3 is 5.32 Å². The highest BCUT2D eigenvalue weighted by Gasteiger charge is 1.99. The Morgan fingerprint density at radius 3 is 2.87 bits per heavy atom. The van der Waals surface area contributed by atoms with Crippen molar-refractivity contribution in [2.24, 2.45) is 7.05 Å². The van der Waals surface area contributed by atoms with Gasteiger partial charge in [0, 0.05) is 19.3 Å². The molecule has 0 aromatic carbocycles. The first-order chi connectivity index (χ1) is 7.11. The minimum Gasteiger partial charge on any atom is -0.314 e. The van der Waals surface area contributed by atoms with E-state index in [2.05, 4.69) is 37.3 Å². The standard InChI is InChI=1S/C12H21N3/c1-10(2)13-8-5-6-11(3)12-7-9-14-15(12)4/h6-7,9-10,13H,5,8H2,1-4H3. The van der Waals surface area contributed by atoms with Crippen LogP contribution in [-0.4, -0.2) is 22.4 Å². The first-order valence-corrected chi connectivity index (χ1v) is 5.49. The zero-order chi connectivity index (χ0) is 11.3. The quantitative estimate of drug-likeness (QED) is 0.750. The summed E-state index contributed by atoms with van der Waals surface area (Å²) in [5, 5.41) is 7.55. The summed E-state index contributed by atoms with van der Waals surface area (Å²) >= 11 is 0. The lowest BCUT2D eigenvalue weighted by atomic mass is 10.2. The average molecular weight is 207 g/mol. The molecule has 3 nitrogen and oxygen atoms in total. The van der Waals surface area contributed by atoms with E-state index < -0.39 is 0 Å². The molecule has 1 rings (SSSR count). The van der Waals surface area contributed by atoms with Crippen molar-refractivity contribution in [3.63, 3.8) is 0 Å². The third kappa shape index (κ3) is 3.88. The highest BCUT2D eigenvalue weighted by Crippen LogP contribution is 2.12. The molecule has 0 unspecified atom stereocenters. The summed E-state index contributed by atoms with van der Waals surface area (Å²) in [4.78, 5) is 0. The molecule has 0 spiro atoms. The van der Waals surface area contributed by atoms with Crippen molar-refractivity contribution >= 4 is 5.57 Å². The zero-order valence-electron chi connectivity index (χ0n) is 10.1. The summed E-state index contributed by atoms with van der Waals surface area (Å²) in [7, 11) is 1.97. The highest BCUT2D eigenvalue weighted by atomic mass is 15.3. The Morgan fingerprint density at radius 2 is 2.33 bits per heavy atom. The molecule has 0 radical (unpaired) electrons. The molecule has 1 aromatic rings. The minimum atomic E-state index is 0.565. The number of hydrogen-bond donors (Lipinski definition) is 1. The van der Waals surface area contributed by atoms with Gasteiger partial charge in [-0.25, -0.2) is 0 Å². The van der Waals surface area contributed by atoms with E-state index in [1.165, 1.54) is 11.3 Å². The van der Waals surface area contributed by atoms with Crippen LogP contribution in [0.25, 0.3) is 5.57 Å². The maximum atomic E-state index is 4.15. The summed E-state index contributed by atoms with van der Waals surface area (Å²) in [6.07, 6.45) is 5.15. The second kappa shape index (κ2) is 5.71. The summed E-state index contributed by atoms with van der Waals surface area (Å²) < 4.78 is 1.90. The average Bonchev–Trinajstić information content (AvgIpc) is 2.58.